The molecule has 1 aromatic heterocycles. The second-order valence-electron chi connectivity index (χ2n) is 10.1. The van der Waals surface area contributed by atoms with E-state index in [0.29, 0.717) is 25.9 Å². The Morgan fingerprint density at radius 2 is 1.87 bits per heavy atom. The van der Waals surface area contributed by atoms with Crippen LogP contribution in [0, 0.1) is 10.8 Å². The van der Waals surface area contributed by atoms with Crippen LogP contribution in [0.25, 0.3) is 0 Å². The second-order valence-corrected chi connectivity index (χ2v) is 10.1. The lowest BCUT2D eigenvalue weighted by Crippen LogP contribution is -2.38. The molecule has 2 N–H and O–H groups in total. The van der Waals surface area contributed by atoms with E-state index in [9.17, 15) is 14.7 Å². The number of nitrogens with zero attached hydrogens (tertiary/aromatic N) is 1. The molecule has 0 fully saturated rings. The number of esters is 1. The fourth-order valence-electron chi connectivity index (χ4n) is 3.35. The van der Waals surface area contributed by atoms with Crippen LogP contribution in [-0.4, -0.2) is 41.7 Å². The number of rotatable bonds is 12. The summed E-state index contributed by atoms with van der Waals surface area (Å²) < 4.78 is 10.4. The van der Waals surface area contributed by atoms with Crippen LogP contribution >= 0.6 is 0 Å². The highest BCUT2D eigenvalue weighted by molar-refractivity contribution is 5.95. The topological polar surface area (TPSA) is 97.8 Å². The summed E-state index contributed by atoms with van der Waals surface area (Å²) in [6.45, 7) is 13.0. The van der Waals surface area contributed by atoms with Gasteiger partial charge in [-0.15, -0.1) is 0 Å². The lowest BCUT2D eigenvalue weighted by Gasteiger charge is -2.30. The fraction of sp³-hybridized carbons (Fsp3) is 0.708. The minimum Gasteiger partial charge on any atom is -0.503 e. The number of ether oxygens (including phenoxy) is 2. The number of pyridine rings is 1. The van der Waals surface area contributed by atoms with Crippen molar-refractivity contribution in [3.63, 3.8) is 0 Å². The molecule has 7 heteroatoms. The van der Waals surface area contributed by atoms with Gasteiger partial charge >= 0.3 is 5.97 Å². The Morgan fingerprint density at radius 1 is 1.19 bits per heavy atom. The van der Waals surface area contributed by atoms with Crippen LogP contribution < -0.4 is 10.1 Å². The van der Waals surface area contributed by atoms with E-state index in [1.165, 1.54) is 19.4 Å². The van der Waals surface area contributed by atoms with Gasteiger partial charge in [-0.05, 0) is 36.5 Å². The third-order valence-corrected chi connectivity index (χ3v) is 5.21. The molecule has 1 unspecified atom stereocenters. The predicted molar refractivity (Wildman–Crippen MR) is 121 cm³/mol. The minimum atomic E-state index is -0.438. The molecule has 0 saturated carbocycles. The standard InChI is InChI=1S/C24H40N2O5/c1-8-9-17(26-22(29)20-21(28)18(30-7)11-14-25-20)16-24(5,6)12-10-19(27)31-15-13-23(2,3)4/h11,14,17,28H,8-10,12-13,15-16H2,1-7H3,(H,26,29). The number of carbonyl (C=O) groups is 2. The second kappa shape index (κ2) is 11.9. The van der Waals surface area contributed by atoms with Gasteiger partial charge in [0.25, 0.3) is 5.91 Å². The third-order valence-electron chi connectivity index (χ3n) is 5.21. The van der Waals surface area contributed by atoms with E-state index < -0.39 is 5.91 Å². The van der Waals surface area contributed by atoms with Crippen LogP contribution in [0.3, 0.4) is 0 Å². The summed E-state index contributed by atoms with van der Waals surface area (Å²) in [7, 11) is 1.42. The first-order chi connectivity index (χ1) is 14.4. The van der Waals surface area contributed by atoms with Crippen molar-refractivity contribution in [2.75, 3.05) is 13.7 Å². The molecule has 1 rings (SSSR count). The van der Waals surface area contributed by atoms with E-state index in [-0.39, 0.29) is 40.0 Å². The zero-order chi connectivity index (χ0) is 23.7. The molecule has 0 aliphatic heterocycles. The number of carbonyl (C=O) groups excluding carboxylic acids is 2. The van der Waals surface area contributed by atoms with Crippen LogP contribution in [0.4, 0.5) is 0 Å². The van der Waals surface area contributed by atoms with Crippen molar-refractivity contribution >= 4 is 11.9 Å². The summed E-state index contributed by atoms with van der Waals surface area (Å²) in [6, 6.07) is 1.40. The maximum atomic E-state index is 12.7. The van der Waals surface area contributed by atoms with Gasteiger partial charge in [-0.1, -0.05) is 48.0 Å². The van der Waals surface area contributed by atoms with Gasteiger partial charge in [0, 0.05) is 24.7 Å². The average Bonchev–Trinajstić information content (AvgIpc) is 2.65. The Hall–Kier alpha value is -2.31. The fourth-order valence-corrected chi connectivity index (χ4v) is 3.35. The molecule has 0 radical (unpaired) electrons. The van der Waals surface area contributed by atoms with E-state index >= 15 is 0 Å². The maximum Gasteiger partial charge on any atom is 0.305 e. The zero-order valence-corrected chi connectivity index (χ0v) is 20.2. The molecular formula is C24H40N2O5. The van der Waals surface area contributed by atoms with Gasteiger partial charge in [-0.3, -0.25) is 9.59 Å². The molecule has 0 aliphatic carbocycles. The summed E-state index contributed by atoms with van der Waals surface area (Å²) in [5, 5.41) is 13.2. The molecule has 0 bridgehead atoms. The number of amides is 1. The van der Waals surface area contributed by atoms with Crippen LogP contribution in [0.5, 0.6) is 11.5 Å². The van der Waals surface area contributed by atoms with E-state index in [1.807, 2.05) is 0 Å². The number of aromatic nitrogens is 1. The van der Waals surface area contributed by atoms with Crippen LogP contribution in [0.1, 0.15) is 90.6 Å². The van der Waals surface area contributed by atoms with Crippen molar-refractivity contribution in [2.45, 2.75) is 86.1 Å². The number of aromatic hydroxyl groups is 1. The van der Waals surface area contributed by atoms with Gasteiger partial charge in [0.15, 0.2) is 17.2 Å². The molecule has 7 nitrogen and oxygen atoms in total. The predicted octanol–water partition coefficient (Wildman–Crippen LogP) is 4.87. The number of methoxy groups -OCH3 is 1. The summed E-state index contributed by atoms with van der Waals surface area (Å²) in [5.74, 6) is -0.682. The Bertz CT molecular complexity index is 725. The van der Waals surface area contributed by atoms with Crippen molar-refractivity contribution in [1.82, 2.24) is 10.3 Å². The van der Waals surface area contributed by atoms with Crippen molar-refractivity contribution in [3.8, 4) is 11.5 Å². The van der Waals surface area contributed by atoms with Crippen LogP contribution in [0.15, 0.2) is 12.3 Å². The summed E-state index contributed by atoms with van der Waals surface area (Å²) in [4.78, 5) is 28.8. The monoisotopic (exact) mass is 436 g/mol. The quantitative estimate of drug-likeness (QED) is 0.454. The Labute approximate surface area is 186 Å². The molecule has 0 spiro atoms. The minimum absolute atomic E-state index is 0.0549. The van der Waals surface area contributed by atoms with Gasteiger partial charge < -0.3 is 19.9 Å². The average molecular weight is 437 g/mol. The smallest absolute Gasteiger partial charge is 0.305 e. The number of hydrogen-bond donors (Lipinski definition) is 2. The molecule has 1 aromatic rings. The Balaban J connectivity index is 2.66. The lowest BCUT2D eigenvalue weighted by atomic mass is 9.80. The lowest BCUT2D eigenvalue weighted by molar-refractivity contribution is -0.144. The molecule has 0 saturated heterocycles. The van der Waals surface area contributed by atoms with Gasteiger partial charge in [0.05, 0.1) is 13.7 Å². The largest absolute Gasteiger partial charge is 0.503 e. The third kappa shape index (κ3) is 10.0. The first-order valence-electron chi connectivity index (χ1n) is 11.1. The van der Waals surface area contributed by atoms with Crippen molar-refractivity contribution in [1.29, 1.82) is 0 Å². The van der Waals surface area contributed by atoms with Crippen LogP contribution in [0.2, 0.25) is 0 Å². The number of nitrogens with one attached hydrogen (secondary N) is 1. The molecule has 1 heterocycles. The SMILES string of the molecule is CCCC(CC(C)(C)CCC(=O)OCCC(C)(C)C)NC(=O)c1nccc(OC)c1O. The molecule has 0 aromatic carbocycles. The van der Waals surface area contributed by atoms with E-state index in [2.05, 4.69) is 51.8 Å². The maximum absolute atomic E-state index is 12.7. The summed E-state index contributed by atoms with van der Waals surface area (Å²) in [5.41, 5.74) is -0.0855. The van der Waals surface area contributed by atoms with Crippen LogP contribution in [-0.2, 0) is 9.53 Å². The molecule has 176 valence electrons. The van der Waals surface area contributed by atoms with Crippen molar-refractivity contribution in [3.05, 3.63) is 18.0 Å². The zero-order valence-electron chi connectivity index (χ0n) is 20.2. The van der Waals surface area contributed by atoms with Gasteiger partial charge in [-0.25, -0.2) is 4.98 Å². The normalized spacial score (nSPS) is 12.9. The highest BCUT2D eigenvalue weighted by Gasteiger charge is 2.27. The molecule has 1 amide bonds. The molecule has 0 aliphatic rings. The number of hydrogen-bond acceptors (Lipinski definition) is 6. The summed E-state index contributed by atoms with van der Waals surface area (Å²) >= 11 is 0. The first kappa shape index (κ1) is 26.7. The molecule has 1 atom stereocenters. The van der Waals surface area contributed by atoms with E-state index in [0.717, 1.165) is 19.3 Å². The molecular weight excluding hydrogens is 396 g/mol. The summed E-state index contributed by atoms with van der Waals surface area (Å²) in [6.07, 6.45) is 5.66. The van der Waals surface area contributed by atoms with Crippen molar-refractivity contribution < 1.29 is 24.2 Å². The highest BCUT2D eigenvalue weighted by atomic mass is 16.5. The van der Waals surface area contributed by atoms with Gasteiger partial charge in [-0.2, -0.15) is 0 Å². The Morgan fingerprint density at radius 3 is 2.45 bits per heavy atom. The molecule has 31 heavy (non-hydrogen) atoms. The van der Waals surface area contributed by atoms with E-state index in [1.54, 1.807) is 0 Å². The van der Waals surface area contributed by atoms with Gasteiger partial charge in [0.2, 0.25) is 0 Å². The van der Waals surface area contributed by atoms with Gasteiger partial charge in [0.1, 0.15) is 0 Å². The first-order valence-corrected chi connectivity index (χ1v) is 11.1. The van der Waals surface area contributed by atoms with Crippen molar-refractivity contribution in [2.24, 2.45) is 10.8 Å². The van der Waals surface area contributed by atoms with E-state index in [4.69, 9.17) is 9.47 Å². The Kier molecular flexibility index (Phi) is 10.3. The highest BCUT2D eigenvalue weighted by Crippen LogP contribution is 2.31.